The molecule has 0 radical (unpaired) electrons. The number of rotatable bonds is 2. The highest BCUT2D eigenvalue weighted by molar-refractivity contribution is 5.89. The number of nitrogens with one attached hydrogen (secondary N) is 1. The zero-order chi connectivity index (χ0) is 14.8. The third kappa shape index (κ3) is 3.44. The van der Waals surface area contributed by atoms with Gasteiger partial charge in [-0.3, -0.25) is 9.78 Å². The van der Waals surface area contributed by atoms with E-state index >= 15 is 0 Å². The molecule has 0 unspecified atom stereocenters. The third-order valence-corrected chi connectivity index (χ3v) is 3.05. The van der Waals surface area contributed by atoms with Gasteiger partial charge in [0.1, 0.15) is 0 Å². The molecule has 1 amide bonds. The van der Waals surface area contributed by atoms with Crippen LogP contribution in [0.15, 0.2) is 42.6 Å². The molecule has 0 saturated heterocycles. The molecule has 0 fully saturated rings. The van der Waals surface area contributed by atoms with E-state index in [0.717, 1.165) is 22.5 Å². The molecule has 1 N–H and O–H groups in total. The first-order chi connectivity index (χ1) is 9.36. The molecule has 2 aromatic rings. The zero-order valence-corrected chi connectivity index (χ0v) is 12.4. The van der Waals surface area contributed by atoms with Crippen molar-refractivity contribution in [2.45, 2.75) is 33.1 Å². The van der Waals surface area contributed by atoms with Gasteiger partial charge in [-0.2, -0.15) is 0 Å². The second-order valence-electron chi connectivity index (χ2n) is 5.94. The van der Waals surface area contributed by atoms with E-state index in [2.05, 4.69) is 43.2 Å². The van der Waals surface area contributed by atoms with Crippen LogP contribution in [0.25, 0.3) is 11.1 Å². The fraction of sp³-hybridized carbons (Fsp3) is 0.294. The Kier molecular flexibility index (Phi) is 3.89. The van der Waals surface area contributed by atoms with E-state index in [1.54, 1.807) is 0 Å². The Morgan fingerprint density at radius 3 is 2.40 bits per heavy atom. The average Bonchev–Trinajstić information content (AvgIpc) is 2.37. The lowest BCUT2D eigenvalue weighted by atomic mass is 9.91. The zero-order valence-electron chi connectivity index (χ0n) is 12.4. The standard InChI is InChI=1S/C17H20N2O/c1-12(20)19-15-7-5-6-13(10-15)14-8-9-16(18-11-14)17(2,3)4/h5-11H,1-4H3,(H,19,20). The Balaban J connectivity index is 2.30. The van der Waals surface area contributed by atoms with Crippen molar-refractivity contribution in [3.63, 3.8) is 0 Å². The molecule has 0 saturated carbocycles. The molecule has 0 bridgehead atoms. The lowest BCUT2D eigenvalue weighted by Gasteiger charge is -2.17. The fourth-order valence-corrected chi connectivity index (χ4v) is 1.99. The van der Waals surface area contributed by atoms with Crippen molar-refractivity contribution in [1.82, 2.24) is 4.98 Å². The van der Waals surface area contributed by atoms with Gasteiger partial charge in [-0.25, -0.2) is 0 Å². The molecule has 3 nitrogen and oxygen atoms in total. The van der Waals surface area contributed by atoms with E-state index in [1.807, 2.05) is 30.5 Å². The molecule has 0 aliphatic carbocycles. The summed E-state index contributed by atoms with van der Waals surface area (Å²) in [5, 5.41) is 2.79. The van der Waals surface area contributed by atoms with E-state index in [9.17, 15) is 4.79 Å². The summed E-state index contributed by atoms with van der Waals surface area (Å²) >= 11 is 0. The number of benzene rings is 1. The first-order valence-corrected chi connectivity index (χ1v) is 6.71. The van der Waals surface area contributed by atoms with Crippen molar-refractivity contribution >= 4 is 11.6 Å². The minimum Gasteiger partial charge on any atom is -0.326 e. The molecule has 1 heterocycles. The van der Waals surface area contributed by atoms with Gasteiger partial charge in [0.25, 0.3) is 0 Å². The minimum atomic E-state index is -0.0663. The second-order valence-corrected chi connectivity index (χ2v) is 5.94. The largest absolute Gasteiger partial charge is 0.326 e. The van der Waals surface area contributed by atoms with Gasteiger partial charge in [0.05, 0.1) is 0 Å². The van der Waals surface area contributed by atoms with Crippen LogP contribution in [0.2, 0.25) is 0 Å². The van der Waals surface area contributed by atoms with Crippen LogP contribution in [0.5, 0.6) is 0 Å². The van der Waals surface area contributed by atoms with Crippen LogP contribution >= 0.6 is 0 Å². The van der Waals surface area contributed by atoms with Crippen molar-refractivity contribution in [2.24, 2.45) is 0 Å². The molecule has 0 spiro atoms. The monoisotopic (exact) mass is 268 g/mol. The number of aromatic nitrogens is 1. The number of hydrogen-bond donors (Lipinski definition) is 1. The number of pyridine rings is 1. The summed E-state index contributed by atoms with van der Waals surface area (Å²) in [4.78, 5) is 15.6. The van der Waals surface area contributed by atoms with Crippen LogP contribution in [-0.4, -0.2) is 10.9 Å². The predicted molar refractivity (Wildman–Crippen MR) is 82.7 cm³/mol. The third-order valence-electron chi connectivity index (χ3n) is 3.05. The summed E-state index contributed by atoms with van der Waals surface area (Å²) in [7, 11) is 0. The number of carbonyl (C=O) groups is 1. The highest BCUT2D eigenvalue weighted by Gasteiger charge is 2.14. The summed E-state index contributed by atoms with van der Waals surface area (Å²) in [5.74, 6) is -0.0663. The first-order valence-electron chi connectivity index (χ1n) is 6.71. The number of amides is 1. The van der Waals surface area contributed by atoms with Gasteiger partial charge in [-0.1, -0.05) is 39.0 Å². The van der Waals surface area contributed by atoms with Gasteiger partial charge in [-0.15, -0.1) is 0 Å². The Morgan fingerprint density at radius 2 is 1.85 bits per heavy atom. The smallest absolute Gasteiger partial charge is 0.221 e. The maximum absolute atomic E-state index is 11.1. The van der Waals surface area contributed by atoms with Crippen molar-refractivity contribution in [2.75, 3.05) is 5.32 Å². The van der Waals surface area contributed by atoms with Crippen molar-refractivity contribution in [1.29, 1.82) is 0 Å². The van der Waals surface area contributed by atoms with Crippen molar-refractivity contribution in [3.8, 4) is 11.1 Å². The molecule has 0 atom stereocenters. The minimum absolute atomic E-state index is 0.0521. The number of hydrogen-bond acceptors (Lipinski definition) is 2. The lowest BCUT2D eigenvalue weighted by Crippen LogP contribution is -2.12. The first kappa shape index (κ1) is 14.3. The average molecular weight is 268 g/mol. The fourth-order valence-electron chi connectivity index (χ4n) is 1.99. The molecular formula is C17H20N2O. The van der Waals surface area contributed by atoms with E-state index < -0.39 is 0 Å². The Hall–Kier alpha value is -2.16. The van der Waals surface area contributed by atoms with E-state index in [4.69, 9.17) is 0 Å². The summed E-state index contributed by atoms with van der Waals surface area (Å²) < 4.78 is 0. The number of nitrogens with zero attached hydrogens (tertiary/aromatic N) is 1. The molecule has 104 valence electrons. The summed E-state index contributed by atoms with van der Waals surface area (Å²) in [6.07, 6.45) is 1.88. The van der Waals surface area contributed by atoms with Crippen molar-refractivity contribution in [3.05, 3.63) is 48.3 Å². The predicted octanol–water partition coefficient (Wildman–Crippen LogP) is 4.00. The summed E-state index contributed by atoms with van der Waals surface area (Å²) in [6, 6.07) is 11.9. The van der Waals surface area contributed by atoms with Crippen molar-refractivity contribution < 1.29 is 4.79 Å². The summed E-state index contributed by atoms with van der Waals surface area (Å²) in [5.41, 5.74) is 4.01. The van der Waals surface area contributed by atoms with Gasteiger partial charge >= 0.3 is 0 Å². The van der Waals surface area contributed by atoms with Crippen LogP contribution in [0.3, 0.4) is 0 Å². The van der Waals surface area contributed by atoms with E-state index in [-0.39, 0.29) is 11.3 Å². The molecule has 3 heteroatoms. The normalized spacial score (nSPS) is 11.2. The molecule has 0 aliphatic heterocycles. The maximum Gasteiger partial charge on any atom is 0.221 e. The topological polar surface area (TPSA) is 42.0 Å². The molecule has 1 aromatic heterocycles. The van der Waals surface area contributed by atoms with Gasteiger partial charge in [0, 0.05) is 35.5 Å². The Bertz CT molecular complexity index is 610. The molecule has 1 aromatic carbocycles. The lowest BCUT2D eigenvalue weighted by molar-refractivity contribution is -0.114. The molecular weight excluding hydrogens is 248 g/mol. The number of carbonyl (C=O) groups excluding carboxylic acids is 1. The van der Waals surface area contributed by atoms with Gasteiger partial charge in [0.2, 0.25) is 5.91 Å². The second kappa shape index (κ2) is 5.45. The summed E-state index contributed by atoms with van der Waals surface area (Å²) in [6.45, 7) is 7.94. The van der Waals surface area contributed by atoms with Gasteiger partial charge in [-0.05, 0) is 23.8 Å². The number of anilines is 1. The molecule has 20 heavy (non-hydrogen) atoms. The van der Waals surface area contributed by atoms with Gasteiger partial charge < -0.3 is 5.32 Å². The van der Waals surface area contributed by atoms with Crippen LogP contribution in [0.4, 0.5) is 5.69 Å². The van der Waals surface area contributed by atoms with Gasteiger partial charge in [0.15, 0.2) is 0 Å². The van der Waals surface area contributed by atoms with Crippen LogP contribution in [-0.2, 0) is 10.2 Å². The Labute approximate surface area is 120 Å². The highest BCUT2D eigenvalue weighted by atomic mass is 16.1. The quantitative estimate of drug-likeness (QED) is 0.894. The highest BCUT2D eigenvalue weighted by Crippen LogP contribution is 2.25. The molecule has 0 aliphatic rings. The van der Waals surface area contributed by atoms with E-state index in [1.165, 1.54) is 6.92 Å². The maximum atomic E-state index is 11.1. The SMILES string of the molecule is CC(=O)Nc1cccc(-c2ccc(C(C)(C)C)nc2)c1. The molecule has 2 rings (SSSR count). The van der Waals surface area contributed by atoms with Crippen LogP contribution in [0.1, 0.15) is 33.4 Å². The Morgan fingerprint density at radius 1 is 1.10 bits per heavy atom. The van der Waals surface area contributed by atoms with E-state index in [0.29, 0.717) is 0 Å². The van der Waals surface area contributed by atoms with Crippen LogP contribution in [0, 0.1) is 0 Å². The van der Waals surface area contributed by atoms with Crippen LogP contribution < -0.4 is 5.32 Å².